The van der Waals surface area contributed by atoms with Crippen molar-refractivity contribution in [3.05, 3.63) is 0 Å². The van der Waals surface area contributed by atoms with Crippen molar-refractivity contribution < 1.29 is 9.84 Å². The molecule has 1 saturated heterocycles. The van der Waals surface area contributed by atoms with Gasteiger partial charge in [0.1, 0.15) is 5.60 Å². The molecule has 2 heteroatoms. The molecule has 5 fully saturated rings. The molecule has 1 spiro atoms. The maximum absolute atomic E-state index is 11.2. The van der Waals surface area contributed by atoms with Crippen molar-refractivity contribution in [2.75, 3.05) is 0 Å². The average molecular weight is 403 g/mol. The Hall–Kier alpha value is -0.0800. The predicted molar refractivity (Wildman–Crippen MR) is 119 cm³/mol. The number of hydrogen-bond donors (Lipinski definition) is 1. The fourth-order valence-corrected chi connectivity index (χ4v) is 9.75. The second-order valence-electron chi connectivity index (χ2n) is 12.8. The van der Waals surface area contributed by atoms with Crippen molar-refractivity contribution in [1.29, 1.82) is 0 Å². The molecule has 4 aliphatic carbocycles. The van der Waals surface area contributed by atoms with Gasteiger partial charge in [0.15, 0.2) is 0 Å². The minimum absolute atomic E-state index is 0.0150. The number of hydrogen-bond acceptors (Lipinski definition) is 2. The van der Waals surface area contributed by atoms with Crippen molar-refractivity contribution >= 4 is 0 Å². The first-order chi connectivity index (χ1) is 13.7. The van der Waals surface area contributed by atoms with Crippen molar-refractivity contribution in [3.63, 3.8) is 0 Å². The summed E-state index contributed by atoms with van der Waals surface area (Å²) >= 11 is 0. The van der Waals surface area contributed by atoms with E-state index in [9.17, 15) is 5.11 Å². The molecule has 0 aromatic carbocycles. The van der Waals surface area contributed by atoms with Crippen LogP contribution in [0.25, 0.3) is 0 Å². The van der Waals surface area contributed by atoms with Gasteiger partial charge < -0.3 is 9.84 Å². The average Bonchev–Trinajstić information content (AvgIpc) is 3.24. The largest absolute Gasteiger partial charge is 0.392 e. The molecule has 0 radical (unpaired) electrons. The zero-order chi connectivity index (χ0) is 20.6. The molecule has 2 nitrogen and oxygen atoms in total. The van der Waals surface area contributed by atoms with Gasteiger partial charge in [-0.25, -0.2) is 0 Å². The second kappa shape index (κ2) is 6.96. The van der Waals surface area contributed by atoms with E-state index in [1.165, 1.54) is 57.8 Å². The highest BCUT2D eigenvalue weighted by Gasteiger charge is 2.77. The topological polar surface area (TPSA) is 32.8 Å². The van der Waals surface area contributed by atoms with Crippen molar-refractivity contribution in [3.8, 4) is 0 Å². The second-order valence-corrected chi connectivity index (χ2v) is 12.8. The Kier molecular flexibility index (Phi) is 4.99. The molecule has 1 N–H and O–H groups in total. The quantitative estimate of drug-likeness (QED) is 0.525. The first-order valence-corrected chi connectivity index (χ1v) is 13.1. The van der Waals surface area contributed by atoms with E-state index in [4.69, 9.17) is 4.74 Å². The molecule has 10 atom stereocenters. The molecule has 1 aliphatic heterocycles. The highest BCUT2D eigenvalue weighted by atomic mass is 16.6. The van der Waals surface area contributed by atoms with Crippen LogP contribution in [0.5, 0.6) is 0 Å². The zero-order valence-electron chi connectivity index (χ0n) is 19.8. The maximum Gasteiger partial charge on any atom is 0.103 e. The van der Waals surface area contributed by atoms with Gasteiger partial charge in [0, 0.05) is 5.41 Å². The summed E-state index contributed by atoms with van der Waals surface area (Å²) in [6.45, 7) is 12.4. The Morgan fingerprint density at radius 2 is 1.76 bits per heavy atom. The van der Waals surface area contributed by atoms with Gasteiger partial charge in [0.25, 0.3) is 0 Å². The Labute approximate surface area is 179 Å². The van der Waals surface area contributed by atoms with Crippen LogP contribution >= 0.6 is 0 Å². The Morgan fingerprint density at radius 1 is 0.966 bits per heavy atom. The van der Waals surface area contributed by atoms with E-state index in [1.54, 1.807) is 0 Å². The number of rotatable bonds is 5. The summed E-state index contributed by atoms with van der Waals surface area (Å²) in [4.78, 5) is 0. The van der Waals surface area contributed by atoms with Crippen LogP contribution in [0.3, 0.4) is 0 Å². The van der Waals surface area contributed by atoms with Gasteiger partial charge in [-0.05, 0) is 92.3 Å². The number of ether oxygens (including phenoxy) is 1. The van der Waals surface area contributed by atoms with E-state index in [2.05, 4.69) is 34.6 Å². The molecule has 5 aliphatic rings. The van der Waals surface area contributed by atoms with E-state index >= 15 is 0 Å². The van der Waals surface area contributed by atoms with E-state index in [0.717, 1.165) is 42.4 Å². The SMILES string of the molecule is CC(C)CCC[C@@H](C)[C@H]1CC[C@H]2[C@@H]3C[C@H]4O[C@]45CCCC(O)[C@]5(C)[C@H]3CC[C@]12C. The van der Waals surface area contributed by atoms with Gasteiger partial charge in [-0.2, -0.15) is 0 Å². The van der Waals surface area contributed by atoms with Crippen LogP contribution in [0.15, 0.2) is 0 Å². The van der Waals surface area contributed by atoms with E-state index in [-0.39, 0.29) is 17.1 Å². The summed E-state index contributed by atoms with van der Waals surface area (Å²) in [5, 5.41) is 11.2. The lowest BCUT2D eigenvalue weighted by Crippen LogP contribution is -2.62. The van der Waals surface area contributed by atoms with Crippen molar-refractivity contribution in [1.82, 2.24) is 0 Å². The molecular weight excluding hydrogens is 356 g/mol. The lowest BCUT2D eigenvalue weighted by Gasteiger charge is -2.60. The molecule has 166 valence electrons. The normalized spacial score (nSPS) is 54.3. The molecule has 5 rings (SSSR count). The highest BCUT2D eigenvalue weighted by Crippen LogP contribution is 2.74. The molecule has 0 aromatic heterocycles. The third kappa shape index (κ3) is 2.80. The van der Waals surface area contributed by atoms with E-state index in [1.807, 2.05) is 0 Å². The monoisotopic (exact) mass is 402 g/mol. The molecule has 4 saturated carbocycles. The third-order valence-electron chi connectivity index (χ3n) is 11.3. The maximum atomic E-state index is 11.2. The minimum atomic E-state index is -0.148. The third-order valence-corrected chi connectivity index (χ3v) is 11.3. The highest BCUT2D eigenvalue weighted by molar-refractivity contribution is 5.25. The summed E-state index contributed by atoms with van der Waals surface area (Å²) in [5.74, 6) is 4.97. The molecule has 0 bridgehead atoms. The van der Waals surface area contributed by atoms with Gasteiger partial charge >= 0.3 is 0 Å². The fraction of sp³-hybridized carbons (Fsp3) is 1.00. The predicted octanol–water partition coefficient (Wildman–Crippen LogP) is 6.60. The van der Waals surface area contributed by atoms with Crippen LogP contribution in [-0.4, -0.2) is 22.9 Å². The standard InChI is InChI=1S/C27H46O2/c1-17(2)8-6-9-18(3)20-11-12-21-19-16-24-27(29-24)14-7-10-23(28)26(27,5)22(19)13-15-25(20,21)4/h17-24,28H,6-16H2,1-5H3/t18-,19+,20-,21+,22+,23?,24-,25-,26+,27-/m1/s1. The molecule has 1 heterocycles. The smallest absolute Gasteiger partial charge is 0.103 e. The molecule has 0 amide bonds. The van der Waals surface area contributed by atoms with Crippen LogP contribution < -0.4 is 0 Å². The van der Waals surface area contributed by atoms with Crippen LogP contribution in [0.1, 0.15) is 105 Å². The Bertz CT molecular complexity index is 630. The first kappa shape index (κ1) is 20.8. The summed E-state index contributed by atoms with van der Waals surface area (Å²) in [6.07, 6.45) is 14.8. The van der Waals surface area contributed by atoms with Crippen LogP contribution in [0, 0.1) is 46.3 Å². The van der Waals surface area contributed by atoms with Gasteiger partial charge in [-0.15, -0.1) is 0 Å². The van der Waals surface area contributed by atoms with Gasteiger partial charge in [0.05, 0.1) is 12.2 Å². The number of epoxide rings is 1. The van der Waals surface area contributed by atoms with Crippen molar-refractivity contribution in [2.45, 2.75) is 123 Å². The Balaban J connectivity index is 1.35. The number of aliphatic hydroxyl groups is 1. The summed E-state index contributed by atoms with van der Waals surface area (Å²) in [6, 6.07) is 0. The van der Waals surface area contributed by atoms with Crippen LogP contribution in [-0.2, 0) is 4.74 Å². The number of fused-ring (bicyclic) bond motifs is 4. The van der Waals surface area contributed by atoms with Gasteiger partial charge in [0.2, 0.25) is 0 Å². The van der Waals surface area contributed by atoms with Gasteiger partial charge in [-0.1, -0.05) is 53.9 Å². The molecule has 1 unspecified atom stereocenters. The molecule has 0 aromatic rings. The Morgan fingerprint density at radius 3 is 2.52 bits per heavy atom. The van der Waals surface area contributed by atoms with Crippen LogP contribution in [0.4, 0.5) is 0 Å². The van der Waals surface area contributed by atoms with E-state index in [0.29, 0.717) is 17.4 Å². The first-order valence-electron chi connectivity index (χ1n) is 13.1. The summed E-state index contributed by atoms with van der Waals surface area (Å²) in [7, 11) is 0. The fourth-order valence-electron chi connectivity index (χ4n) is 9.75. The molecular formula is C27H46O2. The van der Waals surface area contributed by atoms with E-state index < -0.39 is 0 Å². The zero-order valence-corrected chi connectivity index (χ0v) is 19.8. The summed E-state index contributed by atoms with van der Waals surface area (Å²) < 4.78 is 6.51. The van der Waals surface area contributed by atoms with Gasteiger partial charge in [-0.3, -0.25) is 0 Å². The van der Waals surface area contributed by atoms with Crippen molar-refractivity contribution in [2.24, 2.45) is 46.3 Å². The minimum Gasteiger partial charge on any atom is -0.392 e. The number of aliphatic hydroxyl groups excluding tert-OH is 1. The summed E-state index contributed by atoms with van der Waals surface area (Å²) in [5.41, 5.74) is 0.589. The lowest BCUT2D eigenvalue weighted by atomic mass is 9.43. The lowest BCUT2D eigenvalue weighted by molar-refractivity contribution is -0.154. The van der Waals surface area contributed by atoms with Crippen LogP contribution in [0.2, 0.25) is 0 Å². The molecule has 29 heavy (non-hydrogen) atoms.